The molecule has 0 aliphatic rings. The van der Waals surface area contributed by atoms with Crippen molar-refractivity contribution in [2.45, 2.75) is 59.1 Å². The van der Waals surface area contributed by atoms with Crippen LogP contribution < -0.4 is 15.4 Å². The van der Waals surface area contributed by atoms with Gasteiger partial charge in [-0.15, -0.1) is 0 Å². The quantitative estimate of drug-likeness (QED) is 0.596. The molecule has 140 valence electrons. The van der Waals surface area contributed by atoms with Crippen molar-refractivity contribution in [1.29, 1.82) is 0 Å². The Morgan fingerprint density at radius 2 is 1.96 bits per heavy atom. The monoisotopic (exact) mass is 350 g/mol. The zero-order chi connectivity index (χ0) is 19.0. The molecule has 1 atom stereocenters. The molecular formula is C19H30N2O4. The molecule has 1 aromatic rings. The number of hydrogen-bond donors (Lipinski definition) is 3. The standard InChI is InChI=1S/C19H30N2O4/c1-6-7-18(24)21-14-8-9-17(16(10-14)13(2)22)25-12-15(23)11-20-19(3,4)5/h8-10,15,20,23H,6-7,11-12H2,1-5H3,(H,21,24). The minimum Gasteiger partial charge on any atom is -0.490 e. The fourth-order valence-corrected chi connectivity index (χ4v) is 2.13. The van der Waals surface area contributed by atoms with Gasteiger partial charge >= 0.3 is 0 Å². The molecule has 0 saturated heterocycles. The van der Waals surface area contributed by atoms with E-state index in [4.69, 9.17) is 4.74 Å². The molecule has 1 rings (SSSR count). The highest BCUT2D eigenvalue weighted by atomic mass is 16.5. The van der Waals surface area contributed by atoms with Crippen molar-refractivity contribution >= 4 is 17.4 Å². The highest BCUT2D eigenvalue weighted by molar-refractivity contribution is 5.99. The third kappa shape index (κ3) is 8.14. The predicted octanol–water partition coefficient (Wildman–Crippen LogP) is 2.76. The van der Waals surface area contributed by atoms with Gasteiger partial charge in [-0.1, -0.05) is 6.92 Å². The molecule has 0 radical (unpaired) electrons. The Morgan fingerprint density at radius 1 is 1.28 bits per heavy atom. The average Bonchev–Trinajstić information content (AvgIpc) is 2.51. The first kappa shape index (κ1) is 21.1. The Bertz CT molecular complexity index is 594. The number of aliphatic hydroxyl groups excluding tert-OH is 1. The molecule has 0 fully saturated rings. The minimum absolute atomic E-state index is 0.0743. The number of benzene rings is 1. The van der Waals surface area contributed by atoms with E-state index in [1.54, 1.807) is 18.2 Å². The molecule has 1 aromatic carbocycles. The van der Waals surface area contributed by atoms with Gasteiger partial charge in [0.2, 0.25) is 5.91 Å². The molecule has 1 unspecified atom stereocenters. The van der Waals surface area contributed by atoms with Crippen LogP contribution in [0.3, 0.4) is 0 Å². The van der Waals surface area contributed by atoms with Gasteiger partial charge in [-0.05, 0) is 52.3 Å². The van der Waals surface area contributed by atoms with Gasteiger partial charge in [0, 0.05) is 24.2 Å². The first-order valence-corrected chi connectivity index (χ1v) is 8.63. The first-order valence-electron chi connectivity index (χ1n) is 8.63. The number of hydrogen-bond acceptors (Lipinski definition) is 5. The molecule has 0 bridgehead atoms. The summed E-state index contributed by atoms with van der Waals surface area (Å²) in [7, 11) is 0. The summed E-state index contributed by atoms with van der Waals surface area (Å²) in [5.74, 6) is 0.147. The third-order valence-corrected chi connectivity index (χ3v) is 3.42. The minimum atomic E-state index is -0.692. The summed E-state index contributed by atoms with van der Waals surface area (Å²) in [5.41, 5.74) is 0.848. The molecule has 25 heavy (non-hydrogen) atoms. The Labute approximate surface area is 150 Å². The van der Waals surface area contributed by atoms with Gasteiger partial charge in [0.15, 0.2) is 5.78 Å². The molecule has 1 amide bonds. The lowest BCUT2D eigenvalue weighted by Crippen LogP contribution is -2.42. The summed E-state index contributed by atoms with van der Waals surface area (Å²) >= 11 is 0. The largest absolute Gasteiger partial charge is 0.490 e. The van der Waals surface area contributed by atoms with E-state index in [-0.39, 0.29) is 23.8 Å². The highest BCUT2D eigenvalue weighted by Gasteiger charge is 2.15. The van der Waals surface area contributed by atoms with Gasteiger partial charge in [-0.2, -0.15) is 0 Å². The second kappa shape index (κ2) is 9.53. The van der Waals surface area contributed by atoms with Crippen molar-refractivity contribution in [3.8, 4) is 5.75 Å². The van der Waals surface area contributed by atoms with Crippen molar-refractivity contribution in [1.82, 2.24) is 5.32 Å². The normalized spacial score (nSPS) is 12.6. The summed E-state index contributed by atoms with van der Waals surface area (Å²) < 4.78 is 5.61. The van der Waals surface area contributed by atoms with E-state index in [1.165, 1.54) is 6.92 Å². The van der Waals surface area contributed by atoms with Crippen LogP contribution in [-0.2, 0) is 4.79 Å². The van der Waals surface area contributed by atoms with Crippen LogP contribution in [0, 0.1) is 0 Å². The lowest BCUT2D eigenvalue weighted by atomic mass is 10.1. The number of ether oxygens (including phenoxy) is 1. The number of rotatable bonds is 9. The van der Waals surface area contributed by atoms with E-state index in [1.807, 2.05) is 27.7 Å². The van der Waals surface area contributed by atoms with Crippen LogP contribution in [0.2, 0.25) is 0 Å². The maximum Gasteiger partial charge on any atom is 0.224 e. The Hall–Kier alpha value is -1.92. The third-order valence-electron chi connectivity index (χ3n) is 3.42. The van der Waals surface area contributed by atoms with E-state index in [9.17, 15) is 14.7 Å². The van der Waals surface area contributed by atoms with E-state index in [0.717, 1.165) is 6.42 Å². The number of anilines is 1. The molecule has 0 saturated carbocycles. The summed E-state index contributed by atoms with van der Waals surface area (Å²) in [6.07, 6.45) is 0.497. The zero-order valence-electron chi connectivity index (χ0n) is 15.8. The number of ketones is 1. The highest BCUT2D eigenvalue weighted by Crippen LogP contribution is 2.24. The second-order valence-electron chi connectivity index (χ2n) is 7.16. The van der Waals surface area contributed by atoms with Gasteiger partial charge < -0.3 is 20.5 Å². The smallest absolute Gasteiger partial charge is 0.224 e. The Kier molecular flexibility index (Phi) is 8.06. The fraction of sp³-hybridized carbons (Fsp3) is 0.579. The van der Waals surface area contributed by atoms with Crippen LogP contribution >= 0.6 is 0 Å². The molecule has 0 spiro atoms. The van der Waals surface area contributed by atoms with Gasteiger partial charge in [-0.3, -0.25) is 9.59 Å². The van der Waals surface area contributed by atoms with Crippen LogP contribution in [-0.4, -0.2) is 41.6 Å². The van der Waals surface area contributed by atoms with Crippen LogP contribution in [0.4, 0.5) is 5.69 Å². The van der Waals surface area contributed by atoms with Crippen molar-refractivity contribution in [2.24, 2.45) is 0 Å². The van der Waals surface area contributed by atoms with Crippen molar-refractivity contribution in [3.05, 3.63) is 23.8 Å². The molecule has 6 heteroatoms. The Balaban J connectivity index is 2.73. The molecule has 0 aromatic heterocycles. The summed E-state index contributed by atoms with van der Waals surface area (Å²) in [6.45, 7) is 9.88. The number of amides is 1. The van der Waals surface area contributed by atoms with Crippen LogP contribution in [0.25, 0.3) is 0 Å². The second-order valence-corrected chi connectivity index (χ2v) is 7.16. The number of β-amino-alcohol motifs (C(OH)–C–C–N with tert-alkyl or cyclic N) is 1. The van der Waals surface area contributed by atoms with E-state index in [2.05, 4.69) is 10.6 Å². The maximum absolute atomic E-state index is 11.9. The average molecular weight is 350 g/mol. The molecule has 0 aliphatic heterocycles. The molecule has 6 nitrogen and oxygen atoms in total. The lowest BCUT2D eigenvalue weighted by Gasteiger charge is -2.23. The number of carbonyl (C=O) groups is 2. The van der Waals surface area contributed by atoms with Crippen molar-refractivity contribution < 1.29 is 19.4 Å². The predicted molar refractivity (Wildman–Crippen MR) is 99.2 cm³/mol. The van der Waals surface area contributed by atoms with Crippen LogP contribution in [0.1, 0.15) is 57.8 Å². The summed E-state index contributed by atoms with van der Waals surface area (Å²) in [4.78, 5) is 23.5. The van der Waals surface area contributed by atoms with Crippen LogP contribution in [0.15, 0.2) is 18.2 Å². The van der Waals surface area contributed by atoms with E-state index >= 15 is 0 Å². The molecule has 3 N–H and O–H groups in total. The van der Waals surface area contributed by atoms with Gasteiger partial charge in [0.1, 0.15) is 18.5 Å². The zero-order valence-corrected chi connectivity index (χ0v) is 15.8. The van der Waals surface area contributed by atoms with Gasteiger partial charge in [-0.25, -0.2) is 0 Å². The van der Waals surface area contributed by atoms with Crippen LogP contribution in [0.5, 0.6) is 5.75 Å². The Morgan fingerprint density at radius 3 is 2.52 bits per heavy atom. The van der Waals surface area contributed by atoms with Gasteiger partial charge in [0.05, 0.1) is 5.56 Å². The van der Waals surface area contributed by atoms with Crippen molar-refractivity contribution in [2.75, 3.05) is 18.5 Å². The van der Waals surface area contributed by atoms with E-state index < -0.39 is 6.10 Å². The summed E-state index contributed by atoms with van der Waals surface area (Å²) in [5, 5.41) is 16.0. The van der Waals surface area contributed by atoms with Crippen molar-refractivity contribution in [3.63, 3.8) is 0 Å². The fourth-order valence-electron chi connectivity index (χ4n) is 2.13. The first-order chi connectivity index (χ1) is 11.6. The number of nitrogens with one attached hydrogen (secondary N) is 2. The number of Topliss-reactive ketones (excluding diaryl/α,β-unsaturated/α-hetero) is 1. The molecule has 0 aliphatic carbocycles. The lowest BCUT2D eigenvalue weighted by molar-refractivity contribution is -0.116. The molecule has 0 heterocycles. The SMILES string of the molecule is CCCC(=O)Nc1ccc(OCC(O)CNC(C)(C)C)c(C(C)=O)c1. The number of carbonyl (C=O) groups excluding carboxylic acids is 2. The molecular weight excluding hydrogens is 320 g/mol. The number of aliphatic hydroxyl groups is 1. The van der Waals surface area contributed by atoms with Gasteiger partial charge in [0.25, 0.3) is 0 Å². The summed E-state index contributed by atoms with van der Waals surface area (Å²) in [6, 6.07) is 4.93. The maximum atomic E-state index is 11.9. The topological polar surface area (TPSA) is 87.7 Å². The van der Waals surface area contributed by atoms with E-state index in [0.29, 0.717) is 30.0 Å².